The third kappa shape index (κ3) is 2.89. The molecular weight excluding hydrogens is 306 g/mol. The third-order valence-electron chi connectivity index (χ3n) is 2.93. The van der Waals surface area contributed by atoms with Crippen LogP contribution in [0, 0.1) is 0 Å². The zero-order valence-corrected chi connectivity index (χ0v) is 12.8. The van der Waals surface area contributed by atoms with Crippen molar-refractivity contribution in [2.24, 2.45) is 0 Å². The minimum Gasteiger partial charge on any atom is -0.438 e. The highest BCUT2D eigenvalue weighted by Gasteiger charge is 2.09. The van der Waals surface area contributed by atoms with E-state index in [1.165, 1.54) is 11.8 Å². The van der Waals surface area contributed by atoms with Crippen LogP contribution in [0.1, 0.15) is 0 Å². The Kier molecular flexibility index (Phi) is 3.86. The number of hydrogen-bond donors (Lipinski definition) is 1. The molecule has 0 amide bonds. The zero-order valence-electron chi connectivity index (χ0n) is 11.2. The standard InChI is InChI=1S/C15H12ClN3OS/c1-21-15-18-13(17)8-14(19-15)20-12-7-6-11(16)9-4-2-3-5-10(9)12/h2-8H,1H3,(H2,17,18,19). The minimum atomic E-state index is 0.377. The van der Waals surface area contributed by atoms with Crippen LogP contribution in [-0.4, -0.2) is 16.2 Å². The fraction of sp³-hybridized carbons (Fsp3) is 0.0667. The van der Waals surface area contributed by atoms with Gasteiger partial charge < -0.3 is 10.5 Å². The number of thioether (sulfide) groups is 1. The molecule has 3 rings (SSSR count). The lowest BCUT2D eigenvalue weighted by Crippen LogP contribution is -1.97. The highest BCUT2D eigenvalue weighted by molar-refractivity contribution is 7.98. The Hall–Kier alpha value is -1.98. The second kappa shape index (κ2) is 5.79. The Morgan fingerprint density at radius 1 is 1.10 bits per heavy atom. The second-order valence-corrected chi connectivity index (χ2v) is 5.49. The molecule has 21 heavy (non-hydrogen) atoms. The molecule has 0 aliphatic carbocycles. The highest BCUT2D eigenvalue weighted by Crippen LogP contribution is 2.34. The zero-order chi connectivity index (χ0) is 14.8. The SMILES string of the molecule is CSc1nc(N)cc(Oc2ccc(Cl)c3ccccc23)n1. The number of nitrogens with zero attached hydrogens (tertiary/aromatic N) is 2. The first-order valence-corrected chi connectivity index (χ1v) is 7.81. The van der Waals surface area contributed by atoms with Crippen molar-refractivity contribution in [3.63, 3.8) is 0 Å². The van der Waals surface area contributed by atoms with Gasteiger partial charge in [0.05, 0.1) is 0 Å². The van der Waals surface area contributed by atoms with Gasteiger partial charge in [0.1, 0.15) is 11.6 Å². The number of halogens is 1. The Labute approximate surface area is 131 Å². The van der Waals surface area contributed by atoms with Crippen molar-refractivity contribution >= 4 is 40.0 Å². The van der Waals surface area contributed by atoms with Crippen molar-refractivity contribution in [2.75, 3.05) is 12.0 Å². The molecule has 2 N–H and O–H groups in total. The molecule has 0 spiro atoms. The van der Waals surface area contributed by atoms with E-state index in [9.17, 15) is 0 Å². The van der Waals surface area contributed by atoms with E-state index in [0.29, 0.717) is 27.6 Å². The number of benzene rings is 2. The lowest BCUT2D eigenvalue weighted by atomic mass is 10.1. The monoisotopic (exact) mass is 317 g/mol. The number of rotatable bonds is 3. The summed E-state index contributed by atoms with van der Waals surface area (Å²) in [5, 5.41) is 3.12. The fourth-order valence-corrected chi connectivity index (χ4v) is 2.61. The summed E-state index contributed by atoms with van der Waals surface area (Å²) >= 11 is 7.61. The molecule has 2 aromatic carbocycles. The van der Waals surface area contributed by atoms with E-state index in [1.807, 2.05) is 36.6 Å². The van der Waals surface area contributed by atoms with Crippen LogP contribution in [0.2, 0.25) is 5.02 Å². The summed E-state index contributed by atoms with van der Waals surface area (Å²) in [6.45, 7) is 0. The summed E-state index contributed by atoms with van der Waals surface area (Å²) in [6.07, 6.45) is 1.89. The molecule has 0 saturated heterocycles. The van der Waals surface area contributed by atoms with Gasteiger partial charge in [-0.15, -0.1) is 0 Å². The molecular formula is C15H12ClN3OS. The summed E-state index contributed by atoms with van der Waals surface area (Å²) in [5.41, 5.74) is 5.76. The van der Waals surface area contributed by atoms with Gasteiger partial charge in [-0.05, 0) is 18.4 Å². The molecule has 0 unspecified atom stereocenters. The molecule has 0 radical (unpaired) electrons. The normalized spacial score (nSPS) is 10.8. The van der Waals surface area contributed by atoms with E-state index in [-0.39, 0.29) is 0 Å². The summed E-state index contributed by atoms with van der Waals surface area (Å²) in [5.74, 6) is 1.47. The molecule has 1 heterocycles. The van der Waals surface area contributed by atoms with Crippen molar-refractivity contribution in [1.82, 2.24) is 9.97 Å². The van der Waals surface area contributed by atoms with Crippen LogP contribution >= 0.6 is 23.4 Å². The molecule has 0 saturated carbocycles. The van der Waals surface area contributed by atoms with E-state index in [0.717, 1.165) is 10.8 Å². The molecule has 0 aliphatic heterocycles. The molecule has 6 heteroatoms. The number of anilines is 1. The summed E-state index contributed by atoms with van der Waals surface area (Å²) in [4.78, 5) is 8.39. The average Bonchev–Trinajstić information content (AvgIpc) is 2.50. The lowest BCUT2D eigenvalue weighted by molar-refractivity contribution is 0.461. The number of fused-ring (bicyclic) bond motifs is 1. The Morgan fingerprint density at radius 3 is 2.62 bits per heavy atom. The first-order chi connectivity index (χ1) is 10.2. The Morgan fingerprint density at radius 2 is 1.86 bits per heavy atom. The summed E-state index contributed by atoms with van der Waals surface area (Å²) < 4.78 is 5.87. The highest BCUT2D eigenvalue weighted by atomic mass is 35.5. The lowest BCUT2D eigenvalue weighted by Gasteiger charge is -2.10. The molecule has 3 aromatic rings. The number of hydrogen-bond acceptors (Lipinski definition) is 5. The van der Waals surface area contributed by atoms with Crippen molar-refractivity contribution in [2.45, 2.75) is 5.16 Å². The van der Waals surface area contributed by atoms with Crippen molar-refractivity contribution in [3.05, 3.63) is 47.5 Å². The fourth-order valence-electron chi connectivity index (χ4n) is 2.00. The predicted molar refractivity (Wildman–Crippen MR) is 87.3 cm³/mol. The van der Waals surface area contributed by atoms with Crippen LogP contribution in [0.5, 0.6) is 11.6 Å². The van der Waals surface area contributed by atoms with Gasteiger partial charge in [0.2, 0.25) is 5.88 Å². The first kappa shape index (κ1) is 14.0. The molecule has 1 aromatic heterocycles. The van der Waals surface area contributed by atoms with Crippen LogP contribution in [0.15, 0.2) is 47.6 Å². The minimum absolute atomic E-state index is 0.377. The topological polar surface area (TPSA) is 61.0 Å². The van der Waals surface area contributed by atoms with Gasteiger partial charge in [-0.1, -0.05) is 47.6 Å². The van der Waals surface area contributed by atoms with Crippen molar-refractivity contribution < 1.29 is 4.74 Å². The number of nitrogens with two attached hydrogens (primary N) is 1. The van der Waals surface area contributed by atoms with Crippen LogP contribution < -0.4 is 10.5 Å². The van der Waals surface area contributed by atoms with Gasteiger partial charge in [0, 0.05) is 21.9 Å². The molecule has 0 aliphatic rings. The number of nitrogen functional groups attached to an aromatic ring is 1. The van der Waals surface area contributed by atoms with Gasteiger partial charge in [0.25, 0.3) is 0 Å². The predicted octanol–water partition coefficient (Wildman–Crippen LogP) is 4.38. The molecule has 0 atom stereocenters. The van der Waals surface area contributed by atoms with Gasteiger partial charge in [-0.25, -0.2) is 4.98 Å². The van der Waals surface area contributed by atoms with E-state index in [1.54, 1.807) is 12.1 Å². The van der Waals surface area contributed by atoms with Crippen LogP contribution in [-0.2, 0) is 0 Å². The van der Waals surface area contributed by atoms with E-state index in [2.05, 4.69) is 9.97 Å². The molecule has 0 bridgehead atoms. The summed E-state index contributed by atoms with van der Waals surface area (Å²) in [6, 6.07) is 13.0. The van der Waals surface area contributed by atoms with E-state index < -0.39 is 0 Å². The maximum absolute atomic E-state index is 6.20. The summed E-state index contributed by atoms with van der Waals surface area (Å²) in [7, 11) is 0. The maximum atomic E-state index is 6.20. The van der Waals surface area contributed by atoms with Gasteiger partial charge in [0.15, 0.2) is 5.16 Å². The average molecular weight is 318 g/mol. The second-order valence-electron chi connectivity index (χ2n) is 4.31. The van der Waals surface area contributed by atoms with Crippen molar-refractivity contribution in [3.8, 4) is 11.6 Å². The van der Waals surface area contributed by atoms with Crippen molar-refractivity contribution in [1.29, 1.82) is 0 Å². The molecule has 0 fully saturated rings. The van der Waals surface area contributed by atoms with Crippen LogP contribution in [0.3, 0.4) is 0 Å². The van der Waals surface area contributed by atoms with Gasteiger partial charge in [-0.2, -0.15) is 4.98 Å². The maximum Gasteiger partial charge on any atom is 0.225 e. The Balaban J connectivity index is 2.06. The van der Waals surface area contributed by atoms with Crippen LogP contribution in [0.4, 0.5) is 5.82 Å². The largest absolute Gasteiger partial charge is 0.438 e. The Bertz CT molecular complexity index is 810. The molecule has 4 nitrogen and oxygen atoms in total. The van der Waals surface area contributed by atoms with Gasteiger partial charge >= 0.3 is 0 Å². The number of ether oxygens (including phenoxy) is 1. The first-order valence-electron chi connectivity index (χ1n) is 6.21. The van der Waals surface area contributed by atoms with Crippen LogP contribution in [0.25, 0.3) is 10.8 Å². The van der Waals surface area contributed by atoms with E-state index >= 15 is 0 Å². The van der Waals surface area contributed by atoms with E-state index in [4.69, 9.17) is 22.1 Å². The smallest absolute Gasteiger partial charge is 0.225 e. The van der Waals surface area contributed by atoms with Gasteiger partial charge in [-0.3, -0.25) is 0 Å². The number of aromatic nitrogens is 2. The third-order valence-corrected chi connectivity index (χ3v) is 3.81. The molecule has 106 valence electrons. The quantitative estimate of drug-likeness (QED) is 0.574.